The van der Waals surface area contributed by atoms with E-state index in [-0.39, 0.29) is 6.09 Å². The van der Waals surface area contributed by atoms with Crippen molar-refractivity contribution in [3.63, 3.8) is 0 Å². The average Bonchev–Trinajstić information content (AvgIpc) is 2.80. The maximum atomic E-state index is 12.0. The lowest BCUT2D eigenvalue weighted by Gasteiger charge is -2.34. The Kier molecular flexibility index (Phi) is 4.12. The van der Waals surface area contributed by atoms with Crippen molar-refractivity contribution in [2.75, 3.05) is 13.1 Å². The minimum Gasteiger partial charge on any atom is -0.444 e. The summed E-state index contributed by atoms with van der Waals surface area (Å²) in [5, 5.41) is 0. The molecule has 0 N–H and O–H groups in total. The first-order valence-corrected chi connectivity index (χ1v) is 6.88. The molecular weight excluding hydrogens is 242 g/mol. The summed E-state index contributed by atoms with van der Waals surface area (Å²) in [4.78, 5) is 17.9. The lowest BCUT2D eigenvalue weighted by atomic mass is 9.98. The van der Waals surface area contributed by atoms with Crippen LogP contribution in [0.3, 0.4) is 0 Å². The van der Waals surface area contributed by atoms with E-state index in [0.717, 1.165) is 32.5 Å². The van der Waals surface area contributed by atoms with Gasteiger partial charge in [0.15, 0.2) is 0 Å². The highest BCUT2D eigenvalue weighted by Crippen LogP contribution is 2.20. The molecule has 1 fully saturated rings. The van der Waals surface area contributed by atoms with Gasteiger partial charge in [-0.1, -0.05) is 0 Å². The van der Waals surface area contributed by atoms with Crippen LogP contribution in [0.1, 0.15) is 33.6 Å². The van der Waals surface area contributed by atoms with Gasteiger partial charge < -0.3 is 14.2 Å². The van der Waals surface area contributed by atoms with Crippen LogP contribution in [0.5, 0.6) is 0 Å². The fourth-order valence-electron chi connectivity index (χ4n) is 2.40. The molecule has 0 saturated carbocycles. The van der Waals surface area contributed by atoms with Gasteiger partial charge in [-0.2, -0.15) is 0 Å². The largest absolute Gasteiger partial charge is 0.444 e. The smallest absolute Gasteiger partial charge is 0.410 e. The van der Waals surface area contributed by atoms with Gasteiger partial charge in [-0.3, -0.25) is 0 Å². The van der Waals surface area contributed by atoms with Crippen molar-refractivity contribution in [2.24, 2.45) is 5.92 Å². The summed E-state index contributed by atoms with van der Waals surface area (Å²) in [6, 6.07) is 0. The number of carbonyl (C=O) groups excluding carboxylic acids is 1. The number of nitrogens with zero attached hydrogens (tertiary/aromatic N) is 3. The van der Waals surface area contributed by atoms with Gasteiger partial charge in [-0.05, 0) is 39.5 Å². The molecule has 2 rings (SSSR count). The molecule has 19 heavy (non-hydrogen) atoms. The van der Waals surface area contributed by atoms with Crippen molar-refractivity contribution >= 4 is 6.09 Å². The van der Waals surface area contributed by atoms with Crippen molar-refractivity contribution in [3.05, 3.63) is 18.7 Å². The van der Waals surface area contributed by atoms with Gasteiger partial charge in [0.2, 0.25) is 0 Å². The highest BCUT2D eigenvalue weighted by atomic mass is 16.6. The van der Waals surface area contributed by atoms with Gasteiger partial charge in [0.1, 0.15) is 5.60 Å². The Morgan fingerprint density at radius 1 is 1.47 bits per heavy atom. The van der Waals surface area contributed by atoms with Crippen molar-refractivity contribution in [1.29, 1.82) is 0 Å². The molecule has 106 valence electrons. The number of imidazole rings is 1. The summed E-state index contributed by atoms with van der Waals surface area (Å²) < 4.78 is 7.50. The first kappa shape index (κ1) is 13.9. The Morgan fingerprint density at radius 2 is 2.26 bits per heavy atom. The Balaban J connectivity index is 1.88. The molecule has 1 amide bonds. The zero-order valence-electron chi connectivity index (χ0n) is 12.0. The number of piperidine rings is 1. The van der Waals surface area contributed by atoms with Crippen LogP contribution in [-0.2, 0) is 11.3 Å². The third-order valence-electron chi connectivity index (χ3n) is 3.20. The summed E-state index contributed by atoms with van der Waals surface area (Å²) in [6.45, 7) is 8.19. The Morgan fingerprint density at radius 3 is 2.89 bits per heavy atom. The molecule has 1 aromatic heterocycles. The van der Waals surface area contributed by atoms with Gasteiger partial charge in [0, 0.05) is 32.0 Å². The molecule has 1 saturated heterocycles. The molecule has 1 aliphatic heterocycles. The number of amides is 1. The van der Waals surface area contributed by atoms with Crippen LogP contribution in [0.15, 0.2) is 18.7 Å². The van der Waals surface area contributed by atoms with E-state index in [0.29, 0.717) is 5.92 Å². The topological polar surface area (TPSA) is 47.4 Å². The second-order valence-corrected chi connectivity index (χ2v) is 6.19. The number of hydrogen-bond acceptors (Lipinski definition) is 3. The summed E-state index contributed by atoms with van der Waals surface area (Å²) in [5.74, 6) is 0.482. The summed E-state index contributed by atoms with van der Waals surface area (Å²) in [6.07, 6.45) is 7.58. The van der Waals surface area contributed by atoms with Crippen LogP contribution in [0.2, 0.25) is 0 Å². The van der Waals surface area contributed by atoms with Gasteiger partial charge in [-0.25, -0.2) is 9.78 Å². The van der Waals surface area contributed by atoms with Gasteiger partial charge in [0.25, 0.3) is 0 Å². The number of carbonyl (C=O) groups is 1. The quantitative estimate of drug-likeness (QED) is 0.825. The molecule has 0 spiro atoms. The fraction of sp³-hybridized carbons (Fsp3) is 0.714. The van der Waals surface area contributed by atoms with E-state index < -0.39 is 5.60 Å². The number of hydrogen-bond donors (Lipinski definition) is 0. The van der Waals surface area contributed by atoms with Crippen LogP contribution in [-0.4, -0.2) is 39.2 Å². The minimum atomic E-state index is -0.422. The van der Waals surface area contributed by atoms with E-state index in [1.807, 2.05) is 38.2 Å². The lowest BCUT2D eigenvalue weighted by molar-refractivity contribution is 0.0157. The second-order valence-electron chi connectivity index (χ2n) is 6.19. The van der Waals surface area contributed by atoms with E-state index in [4.69, 9.17) is 4.74 Å². The standard InChI is InChI=1S/C14H23N3O2/c1-14(2,3)19-13(18)17-7-4-5-12(10-17)9-16-8-6-15-11-16/h6,8,11-12H,4-5,7,9-10H2,1-3H3/t12-/m0/s1. The molecule has 5 nitrogen and oxygen atoms in total. The SMILES string of the molecule is CC(C)(C)OC(=O)N1CCC[C@@H](Cn2ccnc2)C1. The first-order chi connectivity index (χ1) is 8.94. The molecule has 0 radical (unpaired) electrons. The van der Waals surface area contributed by atoms with Crippen molar-refractivity contribution in [3.8, 4) is 0 Å². The number of aromatic nitrogens is 2. The maximum absolute atomic E-state index is 12.0. The summed E-state index contributed by atoms with van der Waals surface area (Å²) in [5.41, 5.74) is -0.422. The molecular formula is C14H23N3O2. The second kappa shape index (κ2) is 5.63. The van der Waals surface area contributed by atoms with Crippen molar-refractivity contribution < 1.29 is 9.53 Å². The third kappa shape index (κ3) is 4.26. The molecule has 1 atom stereocenters. The molecule has 0 aromatic carbocycles. The van der Waals surface area contributed by atoms with Gasteiger partial charge in [-0.15, -0.1) is 0 Å². The van der Waals surface area contributed by atoms with E-state index in [2.05, 4.69) is 9.55 Å². The Labute approximate surface area is 114 Å². The summed E-state index contributed by atoms with van der Waals surface area (Å²) >= 11 is 0. The van der Waals surface area contributed by atoms with Crippen molar-refractivity contribution in [1.82, 2.24) is 14.5 Å². The summed E-state index contributed by atoms with van der Waals surface area (Å²) in [7, 11) is 0. The highest BCUT2D eigenvalue weighted by molar-refractivity contribution is 5.68. The monoisotopic (exact) mass is 265 g/mol. The predicted molar refractivity (Wildman–Crippen MR) is 72.8 cm³/mol. The van der Waals surface area contributed by atoms with E-state index in [1.165, 1.54) is 0 Å². The number of ether oxygens (including phenoxy) is 1. The van der Waals surface area contributed by atoms with Crippen LogP contribution in [0.25, 0.3) is 0 Å². The molecule has 0 bridgehead atoms. The zero-order chi connectivity index (χ0) is 13.9. The molecule has 1 aromatic rings. The zero-order valence-corrected chi connectivity index (χ0v) is 12.0. The Bertz CT molecular complexity index is 409. The van der Waals surface area contributed by atoms with Gasteiger partial charge in [0.05, 0.1) is 6.33 Å². The van der Waals surface area contributed by atoms with Crippen LogP contribution in [0, 0.1) is 5.92 Å². The normalized spacial score (nSPS) is 20.4. The lowest BCUT2D eigenvalue weighted by Crippen LogP contribution is -2.43. The third-order valence-corrected chi connectivity index (χ3v) is 3.20. The van der Waals surface area contributed by atoms with E-state index in [9.17, 15) is 4.79 Å². The number of likely N-dealkylation sites (tertiary alicyclic amines) is 1. The predicted octanol–water partition coefficient (Wildman–Crippen LogP) is 2.53. The van der Waals surface area contributed by atoms with Crippen LogP contribution < -0.4 is 0 Å². The first-order valence-electron chi connectivity index (χ1n) is 6.88. The molecule has 0 unspecified atom stereocenters. The Hall–Kier alpha value is -1.52. The highest BCUT2D eigenvalue weighted by Gasteiger charge is 2.27. The molecule has 5 heteroatoms. The fourth-order valence-corrected chi connectivity index (χ4v) is 2.40. The molecule has 2 heterocycles. The maximum Gasteiger partial charge on any atom is 0.410 e. The van der Waals surface area contributed by atoms with E-state index in [1.54, 1.807) is 6.20 Å². The minimum absolute atomic E-state index is 0.192. The van der Waals surface area contributed by atoms with Crippen molar-refractivity contribution in [2.45, 2.75) is 45.8 Å². The average molecular weight is 265 g/mol. The molecule has 0 aliphatic carbocycles. The van der Waals surface area contributed by atoms with E-state index >= 15 is 0 Å². The number of rotatable bonds is 2. The van der Waals surface area contributed by atoms with Crippen LogP contribution >= 0.6 is 0 Å². The van der Waals surface area contributed by atoms with Crippen LogP contribution in [0.4, 0.5) is 4.79 Å². The van der Waals surface area contributed by atoms with Gasteiger partial charge >= 0.3 is 6.09 Å². The molecule has 1 aliphatic rings.